The summed E-state index contributed by atoms with van der Waals surface area (Å²) < 4.78 is 38.2. The van der Waals surface area contributed by atoms with Crippen LogP contribution in [-0.2, 0) is 12.7 Å². The van der Waals surface area contributed by atoms with Crippen molar-refractivity contribution < 1.29 is 13.2 Å². The lowest BCUT2D eigenvalue weighted by molar-refractivity contribution is -0.137. The Balaban J connectivity index is 1.36. The molecule has 0 radical (unpaired) electrons. The third-order valence-corrected chi connectivity index (χ3v) is 5.89. The number of nitrogens with zero attached hydrogens (tertiary/aromatic N) is 4. The number of hydrogen-bond acceptors (Lipinski definition) is 5. The zero-order valence-electron chi connectivity index (χ0n) is 15.8. The van der Waals surface area contributed by atoms with Gasteiger partial charge in [0.25, 0.3) is 0 Å². The molecule has 1 saturated heterocycles. The number of pyridine rings is 1. The van der Waals surface area contributed by atoms with Crippen molar-refractivity contribution in [1.29, 1.82) is 0 Å². The van der Waals surface area contributed by atoms with Gasteiger partial charge < -0.3 is 4.90 Å². The van der Waals surface area contributed by atoms with Gasteiger partial charge in [0, 0.05) is 49.9 Å². The number of halogens is 3. The maximum atomic E-state index is 12.7. The van der Waals surface area contributed by atoms with Gasteiger partial charge in [-0.2, -0.15) is 13.2 Å². The van der Waals surface area contributed by atoms with Crippen LogP contribution >= 0.6 is 11.3 Å². The van der Waals surface area contributed by atoms with Crippen molar-refractivity contribution in [3.05, 3.63) is 65.3 Å². The molecule has 8 heteroatoms. The normalized spacial score (nSPS) is 16.0. The molecule has 0 amide bonds. The minimum Gasteiger partial charge on any atom is -0.355 e. The van der Waals surface area contributed by atoms with E-state index < -0.39 is 11.7 Å². The van der Waals surface area contributed by atoms with Crippen molar-refractivity contribution in [3.63, 3.8) is 0 Å². The van der Waals surface area contributed by atoms with E-state index in [2.05, 4.69) is 32.3 Å². The molecule has 0 spiro atoms. The van der Waals surface area contributed by atoms with Crippen LogP contribution in [0.15, 0.2) is 54.0 Å². The van der Waals surface area contributed by atoms with E-state index in [-0.39, 0.29) is 0 Å². The Hall–Kier alpha value is -2.45. The van der Waals surface area contributed by atoms with Crippen LogP contribution in [-0.4, -0.2) is 41.0 Å². The van der Waals surface area contributed by atoms with E-state index in [0.29, 0.717) is 5.82 Å². The van der Waals surface area contributed by atoms with E-state index in [0.717, 1.165) is 67.7 Å². The molecule has 3 aromatic rings. The van der Waals surface area contributed by atoms with Gasteiger partial charge in [0.1, 0.15) is 10.8 Å². The minimum absolute atomic E-state index is 0.597. The van der Waals surface area contributed by atoms with Crippen molar-refractivity contribution in [2.75, 3.05) is 31.1 Å². The highest BCUT2D eigenvalue weighted by Gasteiger charge is 2.31. The van der Waals surface area contributed by atoms with Crippen molar-refractivity contribution in [2.45, 2.75) is 19.1 Å². The lowest BCUT2D eigenvalue weighted by Gasteiger charge is -2.22. The predicted octanol–water partition coefficient (Wildman–Crippen LogP) is 4.94. The molecule has 0 atom stereocenters. The van der Waals surface area contributed by atoms with Gasteiger partial charge in [0.15, 0.2) is 0 Å². The largest absolute Gasteiger partial charge is 0.417 e. The van der Waals surface area contributed by atoms with Gasteiger partial charge in [-0.3, -0.25) is 4.90 Å². The Morgan fingerprint density at radius 3 is 2.52 bits per heavy atom. The van der Waals surface area contributed by atoms with Gasteiger partial charge in [-0.15, -0.1) is 11.3 Å². The second-order valence-electron chi connectivity index (χ2n) is 7.03. The quantitative estimate of drug-likeness (QED) is 0.601. The molecule has 1 aliphatic heterocycles. The van der Waals surface area contributed by atoms with Gasteiger partial charge in [0.2, 0.25) is 0 Å². The first-order valence-corrected chi connectivity index (χ1v) is 10.4. The number of anilines is 1. The lowest BCUT2D eigenvalue weighted by Crippen LogP contribution is -2.31. The summed E-state index contributed by atoms with van der Waals surface area (Å²) in [6.45, 7) is 4.03. The number of rotatable bonds is 4. The number of aromatic nitrogens is 2. The number of hydrogen-bond donors (Lipinski definition) is 0. The van der Waals surface area contributed by atoms with Crippen molar-refractivity contribution in [2.24, 2.45) is 0 Å². The Morgan fingerprint density at radius 2 is 1.79 bits per heavy atom. The highest BCUT2D eigenvalue weighted by molar-refractivity contribution is 7.13. The smallest absolute Gasteiger partial charge is 0.355 e. The van der Waals surface area contributed by atoms with Crippen molar-refractivity contribution in [1.82, 2.24) is 14.9 Å². The molecule has 0 aliphatic carbocycles. The summed E-state index contributed by atoms with van der Waals surface area (Å²) in [5.74, 6) is 0.597. The molecule has 29 heavy (non-hydrogen) atoms. The first-order chi connectivity index (χ1) is 14.0. The summed E-state index contributed by atoms with van der Waals surface area (Å²) in [5.41, 5.74) is 1.46. The first-order valence-electron chi connectivity index (χ1n) is 9.49. The summed E-state index contributed by atoms with van der Waals surface area (Å²) in [7, 11) is 0. The molecular formula is C21H21F3N4S. The zero-order chi connectivity index (χ0) is 20.3. The maximum absolute atomic E-state index is 12.7. The topological polar surface area (TPSA) is 32.3 Å². The summed E-state index contributed by atoms with van der Waals surface area (Å²) in [4.78, 5) is 13.2. The molecule has 0 N–H and O–H groups in total. The molecule has 1 aromatic carbocycles. The van der Waals surface area contributed by atoms with Crippen LogP contribution in [0.1, 0.15) is 17.7 Å². The Labute approximate surface area is 171 Å². The summed E-state index contributed by atoms with van der Waals surface area (Å²) >= 11 is 1.65. The Kier molecular flexibility index (Phi) is 5.82. The highest BCUT2D eigenvalue weighted by Crippen LogP contribution is 2.29. The zero-order valence-corrected chi connectivity index (χ0v) is 16.6. The van der Waals surface area contributed by atoms with E-state index >= 15 is 0 Å². The molecule has 2 aromatic heterocycles. The number of alkyl halides is 3. The van der Waals surface area contributed by atoms with Crippen LogP contribution in [0.25, 0.3) is 10.6 Å². The SMILES string of the molecule is FC(F)(F)c1ccc(N2CCCN(Cc3csc(-c4ccccc4)n3)CC2)nc1. The van der Waals surface area contributed by atoms with E-state index in [1.165, 1.54) is 6.07 Å². The van der Waals surface area contributed by atoms with Gasteiger partial charge in [-0.25, -0.2) is 9.97 Å². The van der Waals surface area contributed by atoms with Gasteiger partial charge in [-0.1, -0.05) is 30.3 Å². The van der Waals surface area contributed by atoms with Crippen LogP contribution < -0.4 is 4.90 Å². The maximum Gasteiger partial charge on any atom is 0.417 e. The predicted molar refractivity (Wildman–Crippen MR) is 109 cm³/mol. The molecule has 0 saturated carbocycles. The summed E-state index contributed by atoms with van der Waals surface area (Å²) in [5, 5.41) is 3.12. The minimum atomic E-state index is -4.35. The fourth-order valence-corrected chi connectivity index (χ4v) is 4.24. The standard InChI is InChI=1S/C21H21F3N4S/c22-21(23,24)17-7-8-19(25-13-17)28-10-4-9-27(11-12-28)14-18-15-29-20(26-18)16-5-2-1-3-6-16/h1-3,5-8,13,15H,4,9-12,14H2. The molecule has 0 unspecified atom stereocenters. The van der Waals surface area contributed by atoms with E-state index in [1.807, 2.05) is 18.2 Å². The third kappa shape index (κ3) is 4.94. The molecule has 0 bridgehead atoms. The summed E-state index contributed by atoms with van der Waals surface area (Å²) in [6.07, 6.45) is -2.51. The van der Waals surface area contributed by atoms with Crippen molar-refractivity contribution >= 4 is 17.2 Å². The van der Waals surface area contributed by atoms with Crippen LogP contribution in [0.4, 0.5) is 19.0 Å². The van der Waals surface area contributed by atoms with Gasteiger partial charge in [-0.05, 0) is 18.6 Å². The highest BCUT2D eigenvalue weighted by atomic mass is 32.1. The average molecular weight is 418 g/mol. The third-order valence-electron chi connectivity index (χ3n) is 4.95. The number of thiazole rings is 1. The first kappa shape index (κ1) is 19.8. The molecule has 4 rings (SSSR count). The van der Waals surface area contributed by atoms with Crippen LogP contribution in [0.2, 0.25) is 0 Å². The molecule has 1 aliphatic rings. The fourth-order valence-electron chi connectivity index (χ4n) is 3.42. The molecule has 1 fully saturated rings. The van der Waals surface area contributed by atoms with E-state index in [9.17, 15) is 13.2 Å². The lowest BCUT2D eigenvalue weighted by atomic mass is 10.2. The second kappa shape index (κ2) is 8.51. The van der Waals surface area contributed by atoms with E-state index in [1.54, 1.807) is 11.3 Å². The van der Waals surface area contributed by atoms with Gasteiger partial charge >= 0.3 is 6.18 Å². The van der Waals surface area contributed by atoms with Gasteiger partial charge in [0.05, 0.1) is 11.3 Å². The second-order valence-corrected chi connectivity index (χ2v) is 7.89. The molecule has 152 valence electrons. The Morgan fingerprint density at radius 1 is 0.966 bits per heavy atom. The van der Waals surface area contributed by atoms with Crippen LogP contribution in [0.5, 0.6) is 0 Å². The summed E-state index contributed by atoms with van der Waals surface area (Å²) in [6, 6.07) is 12.7. The van der Waals surface area contributed by atoms with Crippen LogP contribution in [0, 0.1) is 0 Å². The fraction of sp³-hybridized carbons (Fsp3) is 0.333. The molecule has 3 heterocycles. The Bertz CT molecular complexity index is 925. The molecular weight excluding hydrogens is 397 g/mol. The van der Waals surface area contributed by atoms with Crippen LogP contribution in [0.3, 0.4) is 0 Å². The number of benzene rings is 1. The van der Waals surface area contributed by atoms with Crippen molar-refractivity contribution in [3.8, 4) is 10.6 Å². The monoisotopic (exact) mass is 418 g/mol. The average Bonchev–Trinajstić information content (AvgIpc) is 3.06. The van der Waals surface area contributed by atoms with E-state index in [4.69, 9.17) is 4.98 Å². The molecule has 4 nitrogen and oxygen atoms in total.